The first-order valence-corrected chi connectivity index (χ1v) is 6.10. The average molecular weight is 300 g/mol. The lowest BCUT2D eigenvalue weighted by molar-refractivity contribution is -0.147. The Kier molecular flexibility index (Phi) is 5.52. The van der Waals surface area contributed by atoms with E-state index in [2.05, 4.69) is 10.1 Å². The van der Waals surface area contributed by atoms with Crippen LogP contribution in [0, 0.1) is 6.92 Å². The number of rotatable bonds is 5. The van der Waals surface area contributed by atoms with Crippen molar-refractivity contribution in [1.29, 1.82) is 0 Å². The highest BCUT2D eigenvalue weighted by atomic mass is 35.5. The number of methoxy groups -OCH3 is 1. The summed E-state index contributed by atoms with van der Waals surface area (Å²) in [5.41, 5.74) is 0.794. The number of esters is 1. The molecule has 2 N–H and O–H groups in total. The molecule has 0 radical (unpaired) electrons. The number of hydrogen-bond donors (Lipinski definition) is 2. The van der Waals surface area contributed by atoms with Crippen molar-refractivity contribution in [1.82, 2.24) is 5.32 Å². The predicted molar refractivity (Wildman–Crippen MR) is 71.7 cm³/mol. The quantitative estimate of drug-likeness (QED) is 0.802. The predicted octanol–water partition coefficient (Wildman–Crippen LogP) is 1.39. The molecule has 0 spiro atoms. The van der Waals surface area contributed by atoms with Gasteiger partial charge in [-0.15, -0.1) is 0 Å². The van der Waals surface area contributed by atoms with Crippen molar-refractivity contribution in [2.75, 3.05) is 7.11 Å². The average Bonchev–Trinajstić information content (AvgIpc) is 2.40. The molecule has 1 aromatic rings. The summed E-state index contributed by atoms with van der Waals surface area (Å²) in [7, 11) is 1.14. The lowest BCUT2D eigenvalue weighted by Crippen LogP contribution is -2.42. The van der Waals surface area contributed by atoms with Crippen molar-refractivity contribution in [3.8, 4) is 0 Å². The summed E-state index contributed by atoms with van der Waals surface area (Å²) in [6.45, 7) is 1.65. The van der Waals surface area contributed by atoms with Gasteiger partial charge in [0.25, 0.3) is 5.91 Å². The number of halogens is 1. The molecule has 1 rings (SSSR count). The number of carboxylic acids is 1. The molecule has 1 atom stereocenters. The highest BCUT2D eigenvalue weighted by molar-refractivity contribution is 6.31. The first kappa shape index (κ1) is 16.0. The molecule has 0 aliphatic carbocycles. The molecular formula is C13H14ClNO5. The lowest BCUT2D eigenvalue weighted by atomic mass is 10.1. The van der Waals surface area contributed by atoms with Crippen LogP contribution in [0.2, 0.25) is 5.02 Å². The molecule has 7 heteroatoms. The van der Waals surface area contributed by atoms with Gasteiger partial charge in [0, 0.05) is 10.6 Å². The fourth-order valence-corrected chi connectivity index (χ4v) is 1.71. The van der Waals surface area contributed by atoms with Gasteiger partial charge in [-0.25, -0.2) is 4.79 Å². The van der Waals surface area contributed by atoms with E-state index in [1.807, 2.05) is 0 Å². The fourth-order valence-electron chi connectivity index (χ4n) is 1.54. The molecule has 20 heavy (non-hydrogen) atoms. The molecule has 0 saturated heterocycles. The summed E-state index contributed by atoms with van der Waals surface area (Å²) in [4.78, 5) is 34.1. The molecule has 0 aliphatic rings. The largest absolute Gasteiger partial charge is 0.480 e. The van der Waals surface area contributed by atoms with Gasteiger partial charge in [-0.1, -0.05) is 17.7 Å². The molecule has 6 nitrogen and oxygen atoms in total. The number of amides is 1. The minimum absolute atomic E-state index is 0.258. The zero-order valence-electron chi connectivity index (χ0n) is 11.0. The summed E-state index contributed by atoms with van der Waals surface area (Å²) in [5.74, 6) is -2.65. The van der Waals surface area contributed by atoms with Crippen LogP contribution in [0.15, 0.2) is 18.2 Å². The molecule has 1 aromatic carbocycles. The standard InChI is InChI=1S/C13H14ClNO5/c1-7-8(4-3-5-9(7)14)12(17)15-10(13(18)19)6-11(16)20-2/h3-5,10H,6H2,1-2H3,(H,15,17)(H,18,19)/t10-/m0/s1. The Morgan fingerprint density at radius 2 is 2.05 bits per heavy atom. The second-order valence-corrected chi connectivity index (χ2v) is 4.46. The van der Waals surface area contributed by atoms with Gasteiger partial charge in [-0.2, -0.15) is 0 Å². The summed E-state index contributed by atoms with van der Waals surface area (Å²) in [6.07, 6.45) is -0.447. The van der Waals surface area contributed by atoms with Gasteiger partial charge in [0.2, 0.25) is 0 Å². The Labute approximate surface area is 120 Å². The lowest BCUT2D eigenvalue weighted by Gasteiger charge is -2.14. The van der Waals surface area contributed by atoms with Crippen LogP contribution in [-0.2, 0) is 14.3 Å². The maximum Gasteiger partial charge on any atom is 0.326 e. The maximum atomic E-state index is 12.0. The first-order chi connectivity index (χ1) is 9.36. The van der Waals surface area contributed by atoms with Gasteiger partial charge in [-0.05, 0) is 24.6 Å². The molecule has 0 aromatic heterocycles. The number of ether oxygens (including phenoxy) is 1. The van der Waals surface area contributed by atoms with Gasteiger partial charge in [-0.3, -0.25) is 9.59 Å². The Balaban J connectivity index is 2.88. The van der Waals surface area contributed by atoms with E-state index in [4.69, 9.17) is 16.7 Å². The van der Waals surface area contributed by atoms with Gasteiger partial charge in [0.1, 0.15) is 6.04 Å². The number of carbonyl (C=O) groups excluding carboxylic acids is 2. The van der Waals surface area contributed by atoms with Crippen LogP contribution in [-0.4, -0.2) is 36.1 Å². The van der Waals surface area contributed by atoms with Crippen molar-refractivity contribution < 1.29 is 24.2 Å². The van der Waals surface area contributed by atoms with Crippen molar-refractivity contribution in [2.24, 2.45) is 0 Å². The topological polar surface area (TPSA) is 92.7 Å². The van der Waals surface area contributed by atoms with Crippen LogP contribution in [0.5, 0.6) is 0 Å². The number of carbonyl (C=O) groups is 3. The Bertz CT molecular complexity index is 544. The summed E-state index contributed by atoms with van der Waals surface area (Å²) < 4.78 is 4.39. The molecule has 1 amide bonds. The van der Waals surface area contributed by atoms with E-state index in [-0.39, 0.29) is 5.56 Å². The normalized spacial score (nSPS) is 11.6. The third-order valence-corrected chi connectivity index (χ3v) is 3.12. The fraction of sp³-hybridized carbons (Fsp3) is 0.308. The van der Waals surface area contributed by atoms with Crippen LogP contribution in [0.3, 0.4) is 0 Å². The maximum absolute atomic E-state index is 12.0. The first-order valence-electron chi connectivity index (χ1n) is 5.72. The SMILES string of the molecule is COC(=O)C[C@H](NC(=O)c1cccc(Cl)c1C)C(=O)O. The van der Waals surface area contributed by atoms with Crippen molar-refractivity contribution >= 4 is 29.4 Å². The van der Waals surface area contributed by atoms with E-state index < -0.39 is 30.3 Å². The minimum atomic E-state index is -1.35. The summed E-state index contributed by atoms with van der Waals surface area (Å²) >= 11 is 5.89. The molecule has 0 aliphatic heterocycles. The zero-order valence-corrected chi connectivity index (χ0v) is 11.7. The second kappa shape index (κ2) is 6.91. The third kappa shape index (κ3) is 3.96. The Morgan fingerprint density at radius 1 is 1.40 bits per heavy atom. The monoisotopic (exact) mass is 299 g/mol. The number of benzene rings is 1. The van der Waals surface area contributed by atoms with Gasteiger partial charge < -0.3 is 15.2 Å². The zero-order chi connectivity index (χ0) is 15.3. The number of aliphatic carboxylic acids is 1. The third-order valence-electron chi connectivity index (χ3n) is 2.71. The molecule has 0 saturated carbocycles. The number of nitrogens with one attached hydrogen (secondary N) is 1. The number of carboxylic acid groups (broad SMARTS) is 1. The van der Waals surface area contributed by atoms with Crippen LogP contribution < -0.4 is 5.32 Å². The molecule has 0 fully saturated rings. The molecule has 0 heterocycles. The van der Waals surface area contributed by atoms with E-state index in [1.54, 1.807) is 19.1 Å². The highest BCUT2D eigenvalue weighted by Gasteiger charge is 2.25. The Morgan fingerprint density at radius 3 is 2.60 bits per heavy atom. The highest BCUT2D eigenvalue weighted by Crippen LogP contribution is 2.18. The molecule has 108 valence electrons. The van der Waals surface area contributed by atoms with E-state index in [0.717, 1.165) is 7.11 Å². The number of hydrogen-bond acceptors (Lipinski definition) is 4. The van der Waals surface area contributed by atoms with E-state index >= 15 is 0 Å². The summed E-state index contributed by atoms with van der Waals surface area (Å²) in [6, 6.07) is 3.37. The molecule has 0 bridgehead atoms. The molecule has 0 unspecified atom stereocenters. The second-order valence-electron chi connectivity index (χ2n) is 4.06. The van der Waals surface area contributed by atoms with Crippen molar-refractivity contribution in [3.63, 3.8) is 0 Å². The van der Waals surface area contributed by atoms with Crippen molar-refractivity contribution in [2.45, 2.75) is 19.4 Å². The minimum Gasteiger partial charge on any atom is -0.480 e. The molecular weight excluding hydrogens is 286 g/mol. The smallest absolute Gasteiger partial charge is 0.326 e. The van der Waals surface area contributed by atoms with E-state index in [1.165, 1.54) is 6.07 Å². The van der Waals surface area contributed by atoms with Gasteiger partial charge >= 0.3 is 11.9 Å². The summed E-state index contributed by atoms with van der Waals surface area (Å²) in [5, 5.41) is 11.7. The van der Waals surface area contributed by atoms with E-state index in [9.17, 15) is 14.4 Å². The van der Waals surface area contributed by atoms with Crippen LogP contribution in [0.4, 0.5) is 0 Å². The van der Waals surface area contributed by atoms with Crippen LogP contribution >= 0.6 is 11.6 Å². The van der Waals surface area contributed by atoms with Gasteiger partial charge in [0.05, 0.1) is 13.5 Å². The van der Waals surface area contributed by atoms with Crippen molar-refractivity contribution in [3.05, 3.63) is 34.3 Å². The van der Waals surface area contributed by atoms with Crippen LogP contribution in [0.1, 0.15) is 22.3 Å². The van der Waals surface area contributed by atoms with E-state index in [0.29, 0.717) is 10.6 Å². The Hall–Kier alpha value is -2.08. The van der Waals surface area contributed by atoms with Crippen LogP contribution in [0.25, 0.3) is 0 Å². The van der Waals surface area contributed by atoms with Gasteiger partial charge in [0.15, 0.2) is 0 Å².